The first kappa shape index (κ1) is 6.33. The first-order valence-corrected chi connectivity index (χ1v) is 3.24. The summed E-state index contributed by atoms with van der Waals surface area (Å²) in [6, 6.07) is 0. The molecule has 50 valence electrons. The van der Waals surface area contributed by atoms with E-state index in [-0.39, 0.29) is 0 Å². The van der Waals surface area contributed by atoms with Crippen LogP contribution in [-0.4, -0.2) is 5.16 Å². The topological polar surface area (TPSA) is 26.0 Å². The zero-order valence-corrected chi connectivity index (χ0v) is 5.85. The van der Waals surface area contributed by atoms with Crippen molar-refractivity contribution >= 4 is 0 Å². The lowest BCUT2D eigenvalue weighted by Crippen LogP contribution is -1.84. The van der Waals surface area contributed by atoms with E-state index in [0.29, 0.717) is 0 Å². The Labute approximate surface area is 54.9 Å². The molecule has 0 N–H and O–H groups in total. The third kappa shape index (κ3) is 1.31. The number of rotatable bonds is 2. The van der Waals surface area contributed by atoms with Crippen molar-refractivity contribution < 1.29 is 4.52 Å². The zero-order chi connectivity index (χ0) is 6.69. The maximum Gasteiger partial charge on any atom is 0.126 e. The molecule has 1 aromatic rings. The van der Waals surface area contributed by atoms with Crippen molar-refractivity contribution in [3.8, 4) is 0 Å². The lowest BCUT2D eigenvalue weighted by atomic mass is 10.2. The predicted octanol–water partition coefficient (Wildman–Crippen LogP) is 1.94. The number of aryl methyl sites for hydroxylation is 2. The molecule has 0 unspecified atom stereocenters. The Balaban J connectivity index is 2.69. The molecule has 1 rings (SSSR count). The van der Waals surface area contributed by atoms with Gasteiger partial charge in [0.25, 0.3) is 0 Å². The minimum Gasteiger partial charge on any atom is -0.364 e. The molecule has 0 saturated heterocycles. The monoisotopic (exact) mass is 125 g/mol. The van der Waals surface area contributed by atoms with Crippen LogP contribution in [0.15, 0.2) is 10.8 Å². The molecule has 0 fully saturated rings. The minimum absolute atomic E-state index is 1.03. The van der Waals surface area contributed by atoms with Crippen molar-refractivity contribution in [2.75, 3.05) is 0 Å². The number of hydrogen-bond donors (Lipinski definition) is 0. The van der Waals surface area contributed by atoms with Crippen LogP contribution in [0.5, 0.6) is 0 Å². The third-order valence-electron chi connectivity index (χ3n) is 1.33. The van der Waals surface area contributed by atoms with Crippen molar-refractivity contribution in [3.63, 3.8) is 0 Å². The molecule has 0 amide bonds. The standard InChI is InChI=1S/C7H11NO/c1-3-4-7-6(2)5-9-8-7/h5H,3-4H2,1-2H3. The van der Waals surface area contributed by atoms with Crippen LogP contribution in [0.3, 0.4) is 0 Å². The summed E-state index contributed by atoms with van der Waals surface area (Å²) in [6.07, 6.45) is 3.85. The Morgan fingerprint density at radius 3 is 2.89 bits per heavy atom. The SMILES string of the molecule is CCCc1nocc1C. The van der Waals surface area contributed by atoms with Crippen LogP contribution < -0.4 is 0 Å². The molecule has 0 bridgehead atoms. The zero-order valence-electron chi connectivity index (χ0n) is 5.85. The van der Waals surface area contributed by atoms with Gasteiger partial charge in [0.05, 0.1) is 5.69 Å². The van der Waals surface area contributed by atoms with Crippen LogP contribution in [-0.2, 0) is 6.42 Å². The van der Waals surface area contributed by atoms with Gasteiger partial charge in [0, 0.05) is 5.56 Å². The highest BCUT2D eigenvalue weighted by Gasteiger charge is 1.98. The molecular weight excluding hydrogens is 114 g/mol. The van der Waals surface area contributed by atoms with Gasteiger partial charge >= 0.3 is 0 Å². The maximum atomic E-state index is 4.75. The van der Waals surface area contributed by atoms with Crippen LogP contribution in [0, 0.1) is 6.92 Å². The Morgan fingerprint density at radius 2 is 2.44 bits per heavy atom. The van der Waals surface area contributed by atoms with E-state index in [4.69, 9.17) is 4.52 Å². The predicted molar refractivity (Wildman–Crippen MR) is 35.2 cm³/mol. The molecule has 2 heteroatoms. The second-order valence-corrected chi connectivity index (χ2v) is 2.19. The van der Waals surface area contributed by atoms with E-state index in [1.165, 1.54) is 0 Å². The summed E-state index contributed by atoms with van der Waals surface area (Å²) in [5, 5.41) is 3.83. The van der Waals surface area contributed by atoms with E-state index in [0.717, 1.165) is 24.1 Å². The number of hydrogen-bond acceptors (Lipinski definition) is 2. The van der Waals surface area contributed by atoms with E-state index >= 15 is 0 Å². The molecule has 2 nitrogen and oxygen atoms in total. The average Bonchev–Trinajstić information content (AvgIpc) is 2.18. The smallest absolute Gasteiger partial charge is 0.126 e. The van der Waals surface area contributed by atoms with Gasteiger partial charge in [0.15, 0.2) is 0 Å². The van der Waals surface area contributed by atoms with Gasteiger partial charge in [-0.15, -0.1) is 0 Å². The Bertz CT molecular complexity index is 181. The summed E-state index contributed by atoms with van der Waals surface area (Å²) in [5.41, 5.74) is 2.26. The first-order chi connectivity index (χ1) is 4.34. The molecule has 0 atom stereocenters. The normalized spacial score (nSPS) is 10.0. The lowest BCUT2D eigenvalue weighted by Gasteiger charge is -1.88. The lowest BCUT2D eigenvalue weighted by molar-refractivity contribution is 0.411. The Kier molecular flexibility index (Phi) is 1.88. The first-order valence-electron chi connectivity index (χ1n) is 3.24. The van der Waals surface area contributed by atoms with Crippen LogP contribution >= 0.6 is 0 Å². The summed E-state index contributed by atoms with van der Waals surface area (Å²) in [4.78, 5) is 0. The molecule has 1 aromatic heterocycles. The highest BCUT2D eigenvalue weighted by molar-refractivity contribution is 5.11. The Hall–Kier alpha value is -0.790. The third-order valence-corrected chi connectivity index (χ3v) is 1.33. The van der Waals surface area contributed by atoms with E-state index < -0.39 is 0 Å². The van der Waals surface area contributed by atoms with Gasteiger partial charge < -0.3 is 4.52 Å². The summed E-state index contributed by atoms with van der Waals surface area (Å²) in [5.74, 6) is 0. The van der Waals surface area contributed by atoms with Gasteiger partial charge in [-0.3, -0.25) is 0 Å². The summed E-state index contributed by atoms with van der Waals surface area (Å²) in [7, 11) is 0. The van der Waals surface area contributed by atoms with Gasteiger partial charge in [0.1, 0.15) is 6.26 Å². The fraction of sp³-hybridized carbons (Fsp3) is 0.571. The van der Waals surface area contributed by atoms with Crippen LogP contribution in [0.1, 0.15) is 24.6 Å². The molecule has 0 saturated carbocycles. The average molecular weight is 125 g/mol. The molecule has 0 aliphatic rings. The van der Waals surface area contributed by atoms with Crippen LogP contribution in [0.2, 0.25) is 0 Å². The van der Waals surface area contributed by atoms with E-state index in [2.05, 4.69) is 12.1 Å². The molecular formula is C7H11NO. The van der Waals surface area contributed by atoms with Crippen molar-refractivity contribution in [1.29, 1.82) is 0 Å². The number of nitrogens with zero attached hydrogens (tertiary/aromatic N) is 1. The maximum absolute atomic E-state index is 4.75. The fourth-order valence-corrected chi connectivity index (χ4v) is 0.789. The largest absolute Gasteiger partial charge is 0.364 e. The highest BCUT2D eigenvalue weighted by Crippen LogP contribution is 2.05. The molecule has 0 spiro atoms. The summed E-state index contributed by atoms with van der Waals surface area (Å²) in [6.45, 7) is 4.15. The molecule has 9 heavy (non-hydrogen) atoms. The minimum atomic E-state index is 1.03. The number of aromatic nitrogens is 1. The van der Waals surface area contributed by atoms with Crippen LogP contribution in [0.25, 0.3) is 0 Å². The molecule has 0 aromatic carbocycles. The quantitative estimate of drug-likeness (QED) is 0.603. The Morgan fingerprint density at radius 1 is 1.67 bits per heavy atom. The van der Waals surface area contributed by atoms with Gasteiger partial charge in [-0.05, 0) is 13.3 Å². The van der Waals surface area contributed by atoms with E-state index in [9.17, 15) is 0 Å². The van der Waals surface area contributed by atoms with Crippen molar-refractivity contribution in [3.05, 3.63) is 17.5 Å². The van der Waals surface area contributed by atoms with E-state index in [1.54, 1.807) is 6.26 Å². The van der Waals surface area contributed by atoms with Gasteiger partial charge in [0.2, 0.25) is 0 Å². The summed E-state index contributed by atoms with van der Waals surface area (Å²) < 4.78 is 4.75. The fourth-order valence-electron chi connectivity index (χ4n) is 0.789. The molecule has 1 heterocycles. The van der Waals surface area contributed by atoms with Gasteiger partial charge in [-0.2, -0.15) is 0 Å². The van der Waals surface area contributed by atoms with Crippen LogP contribution in [0.4, 0.5) is 0 Å². The van der Waals surface area contributed by atoms with Crippen molar-refractivity contribution in [2.45, 2.75) is 26.7 Å². The van der Waals surface area contributed by atoms with Gasteiger partial charge in [-0.1, -0.05) is 18.5 Å². The highest BCUT2D eigenvalue weighted by atomic mass is 16.5. The molecule has 0 radical (unpaired) electrons. The second kappa shape index (κ2) is 2.67. The van der Waals surface area contributed by atoms with Crippen molar-refractivity contribution in [1.82, 2.24) is 5.16 Å². The van der Waals surface area contributed by atoms with Crippen molar-refractivity contribution in [2.24, 2.45) is 0 Å². The van der Waals surface area contributed by atoms with E-state index in [1.807, 2.05) is 6.92 Å². The molecule has 0 aliphatic heterocycles. The van der Waals surface area contributed by atoms with Gasteiger partial charge in [-0.25, -0.2) is 0 Å². The summed E-state index contributed by atoms with van der Waals surface area (Å²) >= 11 is 0. The second-order valence-electron chi connectivity index (χ2n) is 2.19. The molecule has 0 aliphatic carbocycles.